The second-order valence-corrected chi connectivity index (χ2v) is 5.40. The lowest BCUT2D eigenvalue weighted by Gasteiger charge is -2.20. The van der Waals surface area contributed by atoms with E-state index in [2.05, 4.69) is 35.6 Å². The maximum absolute atomic E-state index is 5.95. The van der Waals surface area contributed by atoms with Crippen molar-refractivity contribution in [3.05, 3.63) is 23.7 Å². The molecule has 2 aromatic rings. The zero-order valence-corrected chi connectivity index (χ0v) is 11.0. The van der Waals surface area contributed by atoms with Gasteiger partial charge in [0.25, 0.3) is 0 Å². The Bertz CT molecular complexity index is 467. The molecule has 16 heavy (non-hydrogen) atoms. The molecular weight excluding hydrogens is 240 g/mol. The van der Waals surface area contributed by atoms with Crippen LogP contribution in [0.2, 0.25) is 0 Å². The second-order valence-electron chi connectivity index (χ2n) is 4.14. The van der Waals surface area contributed by atoms with Gasteiger partial charge in [0, 0.05) is 28.2 Å². The van der Waals surface area contributed by atoms with Crippen molar-refractivity contribution in [2.75, 3.05) is 11.2 Å². The Balaban J connectivity index is 2.29. The topological polar surface area (TPSA) is 24.9 Å². The van der Waals surface area contributed by atoms with Crippen LogP contribution in [0, 0.1) is 5.92 Å². The summed E-state index contributed by atoms with van der Waals surface area (Å²) < 4.78 is 1.26. The molecule has 0 fully saturated rings. The molecule has 0 aliphatic carbocycles. The number of pyridine rings is 1. The van der Waals surface area contributed by atoms with Crippen LogP contribution in [0.1, 0.15) is 13.8 Å². The summed E-state index contributed by atoms with van der Waals surface area (Å²) in [6.45, 7) is 4.32. The highest BCUT2D eigenvalue weighted by Gasteiger charge is 2.13. The first-order valence-corrected chi connectivity index (χ1v) is 6.78. The predicted octanol–water partition coefficient (Wildman–Crippen LogP) is 3.97. The van der Waals surface area contributed by atoms with E-state index in [9.17, 15) is 0 Å². The highest BCUT2D eigenvalue weighted by atomic mass is 35.5. The molecule has 0 bridgehead atoms. The standard InChI is InChI=1S/C12H15ClN2S/c1-8(2)10(7-13)15-12-9-4-6-16-11(9)3-5-14-12/h3-6,8,10H,7H2,1-2H3,(H,14,15). The molecule has 0 aliphatic heterocycles. The Labute approximate surface area is 105 Å². The largest absolute Gasteiger partial charge is 0.365 e. The van der Waals surface area contributed by atoms with Crippen molar-refractivity contribution < 1.29 is 0 Å². The number of hydrogen-bond acceptors (Lipinski definition) is 3. The van der Waals surface area contributed by atoms with Crippen molar-refractivity contribution >= 4 is 38.8 Å². The van der Waals surface area contributed by atoms with Crippen LogP contribution in [0.15, 0.2) is 23.7 Å². The van der Waals surface area contributed by atoms with Crippen LogP contribution < -0.4 is 5.32 Å². The molecule has 2 aromatic heterocycles. The third-order valence-corrected chi connectivity index (χ3v) is 3.89. The number of anilines is 1. The van der Waals surface area contributed by atoms with E-state index >= 15 is 0 Å². The van der Waals surface area contributed by atoms with E-state index < -0.39 is 0 Å². The minimum atomic E-state index is 0.264. The van der Waals surface area contributed by atoms with E-state index in [0.29, 0.717) is 11.8 Å². The van der Waals surface area contributed by atoms with Crippen molar-refractivity contribution in [3.63, 3.8) is 0 Å². The van der Waals surface area contributed by atoms with Crippen LogP contribution in [-0.2, 0) is 0 Å². The number of alkyl halides is 1. The van der Waals surface area contributed by atoms with Crippen LogP contribution in [0.4, 0.5) is 5.82 Å². The molecule has 0 saturated heterocycles. The number of aromatic nitrogens is 1. The predicted molar refractivity (Wildman–Crippen MR) is 72.6 cm³/mol. The van der Waals surface area contributed by atoms with Crippen molar-refractivity contribution in [2.24, 2.45) is 5.92 Å². The van der Waals surface area contributed by atoms with E-state index in [4.69, 9.17) is 11.6 Å². The number of hydrogen-bond donors (Lipinski definition) is 1. The van der Waals surface area contributed by atoms with Crippen molar-refractivity contribution in [1.82, 2.24) is 4.98 Å². The highest BCUT2D eigenvalue weighted by Crippen LogP contribution is 2.26. The van der Waals surface area contributed by atoms with Crippen molar-refractivity contribution in [3.8, 4) is 0 Å². The normalized spacial score (nSPS) is 13.2. The van der Waals surface area contributed by atoms with E-state index in [1.54, 1.807) is 11.3 Å². The van der Waals surface area contributed by atoms with Crippen LogP contribution >= 0.6 is 22.9 Å². The average Bonchev–Trinajstić information content (AvgIpc) is 2.73. The molecule has 0 aliphatic rings. The first-order chi connectivity index (χ1) is 7.72. The molecule has 0 radical (unpaired) electrons. The summed E-state index contributed by atoms with van der Waals surface area (Å²) in [6, 6.07) is 4.40. The fraction of sp³-hybridized carbons (Fsp3) is 0.417. The minimum absolute atomic E-state index is 0.264. The number of nitrogens with zero attached hydrogens (tertiary/aromatic N) is 1. The van der Waals surface area contributed by atoms with Crippen molar-refractivity contribution in [1.29, 1.82) is 0 Å². The van der Waals surface area contributed by atoms with E-state index in [1.165, 1.54) is 10.1 Å². The molecule has 2 nitrogen and oxygen atoms in total. The lowest BCUT2D eigenvalue weighted by atomic mass is 10.1. The fourth-order valence-corrected chi connectivity index (χ4v) is 2.78. The maximum Gasteiger partial charge on any atom is 0.134 e. The summed E-state index contributed by atoms with van der Waals surface area (Å²) in [5, 5.41) is 6.69. The van der Waals surface area contributed by atoms with Crippen LogP contribution in [0.3, 0.4) is 0 Å². The van der Waals surface area contributed by atoms with E-state index in [1.807, 2.05) is 12.3 Å². The Kier molecular flexibility index (Phi) is 3.66. The van der Waals surface area contributed by atoms with Gasteiger partial charge in [0.2, 0.25) is 0 Å². The molecule has 0 saturated carbocycles. The molecule has 1 N–H and O–H groups in total. The van der Waals surface area contributed by atoms with Gasteiger partial charge in [-0.25, -0.2) is 4.98 Å². The van der Waals surface area contributed by atoms with Gasteiger partial charge in [0.15, 0.2) is 0 Å². The van der Waals surface area contributed by atoms with Gasteiger partial charge in [-0.1, -0.05) is 13.8 Å². The summed E-state index contributed by atoms with van der Waals surface area (Å²) in [7, 11) is 0. The van der Waals surface area contributed by atoms with E-state index in [-0.39, 0.29) is 6.04 Å². The van der Waals surface area contributed by atoms with Gasteiger partial charge in [0.1, 0.15) is 5.82 Å². The number of nitrogens with one attached hydrogen (secondary N) is 1. The quantitative estimate of drug-likeness (QED) is 0.835. The number of thiophene rings is 1. The molecule has 86 valence electrons. The average molecular weight is 255 g/mol. The van der Waals surface area contributed by atoms with Crippen LogP contribution in [0.5, 0.6) is 0 Å². The Morgan fingerprint density at radius 2 is 2.25 bits per heavy atom. The van der Waals surface area contributed by atoms with Gasteiger partial charge in [-0.2, -0.15) is 0 Å². The SMILES string of the molecule is CC(C)C(CCl)Nc1nccc2sccc12. The number of fused-ring (bicyclic) bond motifs is 1. The molecule has 1 atom stereocenters. The number of halogens is 1. The van der Waals surface area contributed by atoms with Gasteiger partial charge in [-0.05, 0) is 23.4 Å². The molecule has 2 rings (SSSR count). The zero-order chi connectivity index (χ0) is 11.5. The second kappa shape index (κ2) is 5.02. The summed E-state index contributed by atoms with van der Waals surface area (Å²) in [5.74, 6) is 2.03. The van der Waals surface area contributed by atoms with Crippen LogP contribution in [-0.4, -0.2) is 16.9 Å². The molecular formula is C12H15ClN2S. The molecule has 2 heterocycles. The van der Waals surface area contributed by atoms with Gasteiger partial charge >= 0.3 is 0 Å². The summed E-state index contributed by atoms with van der Waals surface area (Å²) in [5.41, 5.74) is 0. The monoisotopic (exact) mass is 254 g/mol. The van der Waals surface area contributed by atoms with Gasteiger partial charge < -0.3 is 5.32 Å². The smallest absolute Gasteiger partial charge is 0.134 e. The van der Waals surface area contributed by atoms with Gasteiger partial charge in [-0.3, -0.25) is 0 Å². The van der Waals surface area contributed by atoms with E-state index in [0.717, 1.165) is 5.82 Å². The molecule has 0 amide bonds. The number of rotatable bonds is 4. The lowest BCUT2D eigenvalue weighted by Crippen LogP contribution is -2.27. The molecule has 0 spiro atoms. The fourth-order valence-electron chi connectivity index (χ4n) is 1.57. The Morgan fingerprint density at radius 3 is 2.94 bits per heavy atom. The summed E-state index contributed by atoms with van der Waals surface area (Å²) in [4.78, 5) is 4.39. The van der Waals surface area contributed by atoms with Crippen LogP contribution in [0.25, 0.3) is 10.1 Å². The zero-order valence-electron chi connectivity index (χ0n) is 9.40. The molecule has 0 aromatic carbocycles. The maximum atomic E-state index is 5.95. The first-order valence-electron chi connectivity index (χ1n) is 5.37. The van der Waals surface area contributed by atoms with Crippen molar-refractivity contribution in [2.45, 2.75) is 19.9 Å². The minimum Gasteiger partial charge on any atom is -0.365 e. The Morgan fingerprint density at radius 1 is 1.44 bits per heavy atom. The van der Waals surface area contributed by atoms with Gasteiger partial charge in [-0.15, -0.1) is 22.9 Å². The Hall–Kier alpha value is -0.800. The lowest BCUT2D eigenvalue weighted by molar-refractivity contribution is 0.563. The third kappa shape index (κ3) is 2.30. The van der Waals surface area contributed by atoms with Gasteiger partial charge in [0.05, 0.1) is 0 Å². The summed E-state index contributed by atoms with van der Waals surface area (Å²) >= 11 is 7.68. The highest BCUT2D eigenvalue weighted by molar-refractivity contribution is 7.17. The molecule has 4 heteroatoms. The summed E-state index contributed by atoms with van der Waals surface area (Å²) in [6.07, 6.45) is 1.84. The first kappa shape index (κ1) is 11.7. The molecule has 1 unspecified atom stereocenters. The third-order valence-electron chi connectivity index (χ3n) is 2.67.